The van der Waals surface area contributed by atoms with Crippen LogP contribution in [0, 0.1) is 6.92 Å². The van der Waals surface area contributed by atoms with E-state index in [-0.39, 0.29) is 12.1 Å². The number of rotatable bonds is 4. The van der Waals surface area contributed by atoms with E-state index < -0.39 is 0 Å². The van der Waals surface area contributed by atoms with Gasteiger partial charge in [-0.1, -0.05) is 13.8 Å². The average molecular weight is 129 g/mol. The lowest BCUT2D eigenvalue weighted by molar-refractivity contribution is 0.513. The van der Waals surface area contributed by atoms with Gasteiger partial charge in [0.1, 0.15) is 0 Å². The van der Waals surface area contributed by atoms with E-state index in [2.05, 4.69) is 13.8 Å². The molecule has 9 heavy (non-hydrogen) atoms. The summed E-state index contributed by atoms with van der Waals surface area (Å²) >= 11 is 0. The largest absolute Gasteiger partial charge is 0.328 e. The van der Waals surface area contributed by atoms with Crippen molar-refractivity contribution < 1.29 is 0 Å². The highest BCUT2D eigenvalue weighted by Gasteiger charge is 2.04. The van der Waals surface area contributed by atoms with Crippen LogP contribution in [-0.4, -0.2) is 12.1 Å². The summed E-state index contributed by atoms with van der Waals surface area (Å²) in [5, 5.41) is 0. The first-order valence-electron chi connectivity index (χ1n) is 3.51. The van der Waals surface area contributed by atoms with Crippen LogP contribution in [0.4, 0.5) is 0 Å². The maximum atomic E-state index is 5.64. The van der Waals surface area contributed by atoms with E-state index in [1.807, 2.05) is 0 Å². The minimum atomic E-state index is 0.194. The van der Waals surface area contributed by atoms with Crippen molar-refractivity contribution in [3.63, 3.8) is 0 Å². The zero-order valence-electron chi connectivity index (χ0n) is 6.14. The minimum absolute atomic E-state index is 0.194. The van der Waals surface area contributed by atoms with Crippen LogP contribution in [0.3, 0.4) is 0 Å². The third kappa shape index (κ3) is 4.43. The van der Waals surface area contributed by atoms with Gasteiger partial charge in [0.25, 0.3) is 0 Å². The number of hydrogen-bond donors (Lipinski definition) is 2. The van der Waals surface area contributed by atoms with Gasteiger partial charge < -0.3 is 11.5 Å². The Morgan fingerprint density at radius 2 is 1.89 bits per heavy atom. The summed E-state index contributed by atoms with van der Waals surface area (Å²) in [7, 11) is 0. The van der Waals surface area contributed by atoms with Gasteiger partial charge in [0.15, 0.2) is 0 Å². The second-order valence-electron chi connectivity index (χ2n) is 2.45. The van der Waals surface area contributed by atoms with E-state index in [1.54, 1.807) is 0 Å². The number of hydrogen-bond acceptors (Lipinski definition) is 2. The normalized spacial score (nSPS) is 17.3. The number of nitrogens with two attached hydrogens (primary N) is 2. The summed E-state index contributed by atoms with van der Waals surface area (Å²) in [6.07, 6.45) is 2.70. The van der Waals surface area contributed by atoms with Crippen molar-refractivity contribution in [2.24, 2.45) is 11.5 Å². The van der Waals surface area contributed by atoms with Crippen molar-refractivity contribution in [3.8, 4) is 0 Å². The molecule has 2 nitrogen and oxygen atoms in total. The molecule has 2 heteroatoms. The molecule has 0 aromatic rings. The lowest BCUT2D eigenvalue weighted by Crippen LogP contribution is -2.30. The Bertz CT molecular complexity index is 55.9. The topological polar surface area (TPSA) is 52.0 Å². The molecule has 0 saturated heterocycles. The van der Waals surface area contributed by atoms with E-state index in [9.17, 15) is 0 Å². The van der Waals surface area contributed by atoms with Crippen LogP contribution in [-0.2, 0) is 0 Å². The highest BCUT2D eigenvalue weighted by molar-refractivity contribution is 4.69. The molecule has 0 aliphatic rings. The van der Waals surface area contributed by atoms with Gasteiger partial charge in [-0.05, 0) is 19.3 Å². The second-order valence-corrected chi connectivity index (χ2v) is 2.45. The predicted octanol–water partition coefficient (Wildman–Crippen LogP) is 0.665. The molecule has 0 aliphatic heterocycles. The quantitative estimate of drug-likeness (QED) is 0.586. The van der Waals surface area contributed by atoms with Crippen molar-refractivity contribution in [1.82, 2.24) is 0 Å². The second kappa shape index (κ2) is 4.77. The Kier molecular flexibility index (Phi) is 4.72. The molecule has 4 N–H and O–H groups in total. The Labute approximate surface area is 57.6 Å². The van der Waals surface area contributed by atoms with Crippen molar-refractivity contribution in [2.45, 2.75) is 38.3 Å². The van der Waals surface area contributed by atoms with Gasteiger partial charge in [-0.25, -0.2) is 0 Å². The van der Waals surface area contributed by atoms with Crippen LogP contribution >= 0.6 is 0 Å². The first-order valence-corrected chi connectivity index (χ1v) is 3.51. The summed E-state index contributed by atoms with van der Waals surface area (Å²) in [6, 6.07) is 0.460. The Morgan fingerprint density at radius 3 is 2.22 bits per heavy atom. The highest BCUT2D eigenvalue weighted by atomic mass is 14.7. The lowest BCUT2D eigenvalue weighted by Gasteiger charge is -2.12. The fraction of sp³-hybridized carbons (Fsp3) is 0.857. The molecule has 55 valence electrons. The molecular weight excluding hydrogens is 112 g/mol. The summed E-state index contributed by atoms with van der Waals surface area (Å²) in [5.74, 6) is 0. The molecule has 0 fully saturated rings. The molecule has 0 bridgehead atoms. The third-order valence-corrected chi connectivity index (χ3v) is 1.50. The molecule has 0 spiro atoms. The van der Waals surface area contributed by atoms with Crippen molar-refractivity contribution in [3.05, 3.63) is 6.92 Å². The lowest BCUT2D eigenvalue weighted by atomic mass is 10.1. The summed E-state index contributed by atoms with van der Waals surface area (Å²) < 4.78 is 0. The van der Waals surface area contributed by atoms with Gasteiger partial charge in [0.05, 0.1) is 0 Å². The SMILES string of the molecule is [CH2]CC(N)CC(N)CC. The van der Waals surface area contributed by atoms with Gasteiger partial charge in [0, 0.05) is 12.1 Å². The predicted molar refractivity (Wildman–Crippen MR) is 40.8 cm³/mol. The van der Waals surface area contributed by atoms with Gasteiger partial charge in [-0.3, -0.25) is 0 Å². The molecule has 0 aliphatic carbocycles. The molecule has 0 aromatic carbocycles. The molecule has 1 radical (unpaired) electrons. The summed E-state index contributed by atoms with van der Waals surface area (Å²) in [6.45, 7) is 5.76. The van der Waals surface area contributed by atoms with Crippen LogP contribution in [0.25, 0.3) is 0 Å². The van der Waals surface area contributed by atoms with Crippen molar-refractivity contribution in [2.75, 3.05) is 0 Å². The van der Waals surface area contributed by atoms with Gasteiger partial charge >= 0.3 is 0 Å². The fourth-order valence-corrected chi connectivity index (χ4v) is 0.673. The fourth-order valence-electron chi connectivity index (χ4n) is 0.673. The van der Waals surface area contributed by atoms with Crippen molar-refractivity contribution in [1.29, 1.82) is 0 Å². The van der Waals surface area contributed by atoms with E-state index >= 15 is 0 Å². The molecule has 0 amide bonds. The van der Waals surface area contributed by atoms with E-state index in [0.717, 1.165) is 19.3 Å². The molecule has 0 rings (SSSR count). The maximum absolute atomic E-state index is 5.64. The third-order valence-electron chi connectivity index (χ3n) is 1.50. The first kappa shape index (κ1) is 8.92. The Morgan fingerprint density at radius 1 is 1.33 bits per heavy atom. The zero-order valence-corrected chi connectivity index (χ0v) is 6.14. The summed E-state index contributed by atoms with van der Waals surface area (Å²) in [5.41, 5.74) is 11.2. The van der Waals surface area contributed by atoms with E-state index in [1.165, 1.54) is 0 Å². The highest BCUT2D eigenvalue weighted by Crippen LogP contribution is 1.99. The molecule has 0 heterocycles. The Balaban J connectivity index is 3.22. The van der Waals surface area contributed by atoms with Gasteiger partial charge in [-0.2, -0.15) is 0 Å². The molecule has 0 aromatic heterocycles. The Hall–Kier alpha value is -0.0800. The maximum Gasteiger partial charge on any atom is 0.00535 e. The van der Waals surface area contributed by atoms with Gasteiger partial charge in [0.2, 0.25) is 0 Å². The minimum Gasteiger partial charge on any atom is -0.328 e. The van der Waals surface area contributed by atoms with E-state index in [0.29, 0.717) is 0 Å². The monoisotopic (exact) mass is 129 g/mol. The van der Waals surface area contributed by atoms with Crippen LogP contribution in [0.1, 0.15) is 26.2 Å². The average Bonchev–Trinajstić information content (AvgIpc) is 1.87. The summed E-state index contributed by atoms with van der Waals surface area (Å²) in [4.78, 5) is 0. The van der Waals surface area contributed by atoms with Gasteiger partial charge in [-0.15, -0.1) is 0 Å². The molecule has 0 saturated carbocycles. The molecule has 2 unspecified atom stereocenters. The van der Waals surface area contributed by atoms with Crippen LogP contribution < -0.4 is 11.5 Å². The van der Waals surface area contributed by atoms with E-state index in [4.69, 9.17) is 11.5 Å². The van der Waals surface area contributed by atoms with Crippen LogP contribution in [0.15, 0.2) is 0 Å². The van der Waals surface area contributed by atoms with Crippen LogP contribution in [0.2, 0.25) is 0 Å². The first-order chi connectivity index (χ1) is 4.20. The molecular formula is C7H17N2. The van der Waals surface area contributed by atoms with Crippen LogP contribution in [0.5, 0.6) is 0 Å². The zero-order chi connectivity index (χ0) is 7.28. The smallest absolute Gasteiger partial charge is 0.00535 e. The molecule has 2 atom stereocenters. The standard InChI is InChI=1S/C7H17N2/c1-3-6(8)5-7(9)4-2/h6-7H,1,3-5,8-9H2,2H3. The van der Waals surface area contributed by atoms with Crippen molar-refractivity contribution >= 4 is 0 Å².